The molecular formula is C11H11FN4OS. The Morgan fingerprint density at radius 2 is 2.17 bits per heavy atom. The zero-order chi connectivity index (χ0) is 13.0. The number of hydrogen-bond donors (Lipinski definition) is 2. The van der Waals surface area contributed by atoms with Gasteiger partial charge in [0.25, 0.3) is 0 Å². The first-order valence-electron chi connectivity index (χ1n) is 5.21. The number of nitrogens with one attached hydrogen (secondary N) is 2. The molecule has 0 saturated heterocycles. The first-order valence-corrected chi connectivity index (χ1v) is 6.19. The van der Waals surface area contributed by atoms with Crippen molar-refractivity contribution in [1.29, 1.82) is 0 Å². The molecule has 0 aliphatic heterocycles. The van der Waals surface area contributed by atoms with Gasteiger partial charge in [-0.15, -0.1) is 5.10 Å². The van der Waals surface area contributed by atoms with Crippen molar-refractivity contribution in [3.8, 4) is 0 Å². The van der Waals surface area contributed by atoms with Crippen LogP contribution < -0.4 is 5.32 Å². The molecule has 0 saturated carbocycles. The Morgan fingerprint density at radius 3 is 2.78 bits per heavy atom. The van der Waals surface area contributed by atoms with E-state index >= 15 is 0 Å². The van der Waals surface area contributed by atoms with Crippen LogP contribution in [-0.2, 0) is 4.79 Å². The lowest BCUT2D eigenvalue weighted by atomic mass is 10.3. The van der Waals surface area contributed by atoms with Crippen molar-refractivity contribution in [3.63, 3.8) is 0 Å². The first-order chi connectivity index (χ1) is 8.63. The number of aromatic nitrogens is 3. The number of hydrogen-bond acceptors (Lipinski definition) is 4. The number of anilines is 1. The van der Waals surface area contributed by atoms with Crippen molar-refractivity contribution >= 4 is 23.4 Å². The van der Waals surface area contributed by atoms with Crippen molar-refractivity contribution in [3.05, 3.63) is 35.9 Å². The molecule has 2 N–H and O–H groups in total. The van der Waals surface area contributed by atoms with Gasteiger partial charge in [-0.2, -0.15) is 0 Å². The number of nitrogens with zero attached hydrogens (tertiary/aromatic N) is 2. The Balaban J connectivity index is 1.83. The predicted molar refractivity (Wildman–Crippen MR) is 66.9 cm³/mol. The van der Waals surface area contributed by atoms with Gasteiger partial charge in [0.05, 0.1) is 5.75 Å². The Hall–Kier alpha value is -1.89. The van der Waals surface area contributed by atoms with Gasteiger partial charge in [-0.25, -0.2) is 9.37 Å². The number of rotatable bonds is 4. The van der Waals surface area contributed by atoms with E-state index in [2.05, 4.69) is 20.5 Å². The van der Waals surface area contributed by atoms with Crippen LogP contribution in [0, 0.1) is 12.7 Å². The van der Waals surface area contributed by atoms with Crippen molar-refractivity contribution in [2.24, 2.45) is 0 Å². The molecule has 0 aliphatic carbocycles. The minimum absolute atomic E-state index is 0.186. The molecule has 94 valence electrons. The summed E-state index contributed by atoms with van der Waals surface area (Å²) in [4.78, 5) is 15.7. The van der Waals surface area contributed by atoms with Crippen LogP contribution in [-0.4, -0.2) is 26.8 Å². The van der Waals surface area contributed by atoms with Gasteiger partial charge < -0.3 is 5.32 Å². The molecular weight excluding hydrogens is 255 g/mol. The fraction of sp³-hybridized carbons (Fsp3) is 0.182. The van der Waals surface area contributed by atoms with Crippen molar-refractivity contribution in [1.82, 2.24) is 15.2 Å². The summed E-state index contributed by atoms with van der Waals surface area (Å²) in [6.07, 6.45) is 0. The summed E-state index contributed by atoms with van der Waals surface area (Å²) in [5, 5.41) is 9.78. The number of amides is 1. The molecule has 0 atom stereocenters. The Morgan fingerprint density at radius 1 is 1.44 bits per heavy atom. The molecule has 0 bridgehead atoms. The maximum Gasteiger partial charge on any atom is 0.234 e. The summed E-state index contributed by atoms with van der Waals surface area (Å²) in [7, 11) is 0. The first kappa shape index (κ1) is 12.6. The van der Waals surface area contributed by atoms with E-state index < -0.39 is 0 Å². The number of thioether (sulfide) groups is 1. The molecule has 0 spiro atoms. The van der Waals surface area contributed by atoms with Crippen LogP contribution in [0.4, 0.5) is 10.1 Å². The van der Waals surface area contributed by atoms with E-state index in [-0.39, 0.29) is 17.5 Å². The summed E-state index contributed by atoms with van der Waals surface area (Å²) in [5.74, 6) is 0.387. The summed E-state index contributed by atoms with van der Waals surface area (Å²) >= 11 is 1.23. The van der Waals surface area contributed by atoms with E-state index in [0.717, 1.165) is 0 Å². The quantitative estimate of drug-likeness (QED) is 0.830. The highest BCUT2D eigenvalue weighted by atomic mass is 32.2. The average molecular weight is 266 g/mol. The average Bonchev–Trinajstić information content (AvgIpc) is 2.76. The molecule has 0 unspecified atom stereocenters. The number of carbonyl (C=O) groups excluding carboxylic acids is 1. The van der Waals surface area contributed by atoms with Gasteiger partial charge in [0.2, 0.25) is 11.1 Å². The zero-order valence-electron chi connectivity index (χ0n) is 9.61. The summed E-state index contributed by atoms with van der Waals surface area (Å²) in [6.45, 7) is 1.79. The van der Waals surface area contributed by atoms with Crippen molar-refractivity contribution in [2.75, 3.05) is 11.1 Å². The molecule has 7 heteroatoms. The number of aryl methyl sites for hydroxylation is 1. The third-order valence-electron chi connectivity index (χ3n) is 2.04. The van der Waals surface area contributed by atoms with Gasteiger partial charge >= 0.3 is 0 Å². The lowest BCUT2D eigenvalue weighted by Crippen LogP contribution is -2.14. The minimum atomic E-state index is -0.335. The SMILES string of the molecule is Cc1nc(SCC(=O)Nc2ccc(F)cc2)n[nH]1. The molecule has 1 aromatic carbocycles. The highest BCUT2D eigenvalue weighted by Crippen LogP contribution is 2.13. The molecule has 18 heavy (non-hydrogen) atoms. The standard InChI is InChI=1S/C11H11FN4OS/c1-7-13-11(16-15-7)18-6-10(17)14-9-4-2-8(12)3-5-9/h2-5H,6H2,1H3,(H,14,17)(H,13,15,16). The number of aromatic amines is 1. The van der Waals surface area contributed by atoms with Crippen LogP contribution in [0.2, 0.25) is 0 Å². The van der Waals surface area contributed by atoms with Crippen LogP contribution in [0.5, 0.6) is 0 Å². The lowest BCUT2D eigenvalue weighted by Gasteiger charge is -2.03. The molecule has 0 radical (unpaired) electrons. The highest BCUT2D eigenvalue weighted by molar-refractivity contribution is 7.99. The van der Waals surface area contributed by atoms with Gasteiger partial charge in [0, 0.05) is 5.69 Å². The van der Waals surface area contributed by atoms with Gasteiger partial charge in [-0.05, 0) is 31.2 Å². The molecule has 5 nitrogen and oxygen atoms in total. The monoisotopic (exact) mass is 266 g/mol. The van der Waals surface area contributed by atoms with E-state index in [9.17, 15) is 9.18 Å². The lowest BCUT2D eigenvalue weighted by molar-refractivity contribution is -0.113. The van der Waals surface area contributed by atoms with Crippen LogP contribution in [0.25, 0.3) is 0 Å². The molecule has 1 aromatic heterocycles. The molecule has 0 fully saturated rings. The number of carbonyl (C=O) groups is 1. The highest BCUT2D eigenvalue weighted by Gasteiger charge is 2.06. The predicted octanol–water partition coefficient (Wildman–Crippen LogP) is 1.98. The third-order valence-corrected chi connectivity index (χ3v) is 2.88. The van der Waals surface area contributed by atoms with E-state index in [0.29, 0.717) is 16.7 Å². The minimum Gasteiger partial charge on any atom is -0.325 e. The van der Waals surface area contributed by atoms with Gasteiger partial charge in [-0.3, -0.25) is 9.89 Å². The van der Waals surface area contributed by atoms with Gasteiger partial charge in [0.15, 0.2) is 0 Å². The molecule has 0 aliphatic rings. The van der Waals surface area contributed by atoms with Crippen LogP contribution >= 0.6 is 11.8 Å². The molecule has 1 amide bonds. The Labute approximate surface area is 107 Å². The van der Waals surface area contributed by atoms with E-state index in [1.54, 1.807) is 6.92 Å². The number of halogens is 1. The third kappa shape index (κ3) is 3.56. The molecule has 2 rings (SSSR count). The Kier molecular flexibility index (Phi) is 3.93. The molecule has 2 aromatic rings. The Bertz CT molecular complexity index is 540. The van der Waals surface area contributed by atoms with Gasteiger partial charge in [-0.1, -0.05) is 11.8 Å². The molecule has 1 heterocycles. The van der Waals surface area contributed by atoms with Crippen molar-refractivity contribution < 1.29 is 9.18 Å². The van der Waals surface area contributed by atoms with E-state index in [1.165, 1.54) is 36.0 Å². The van der Waals surface area contributed by atoms with Crippen LogP contribution in [0.3, 0.4) is 0 Å². The number of H-pyrrole nitrogens is 1. The topological polar surface area (TPSA) is 70.7 Å². The second-order valence-corrected chi connectivity index (χ2v) is 4.49. The van der Waals surface area contributed by atoms with Crippen LogP contribution in [0.15, 0.2) is 29.4 Å². The normalized spacial score (nSPS) is 10.3. The second kappa shape index (κ2) is 5.63. The summed E-state index contributed by atoms with van der Waals surface area (Å²) < 4.78 is 12.7. The van der Waals surface area contributed by atoms with Gasteiger partial charge in [0.1, 0.15) is 11.6 Å². The fourth-order valence-corrected chi connectivity index (χ4v) is 1.89. The van der Waals surface area contributed by atoms with E-state index in [1.807, 2.05) is 0 Å². The van der Waals surface area contributed by atoms with Crippen LogP contribution in [0.1, 0.15) is 5.82 Å². The second-order valence-electron chi connectivity index (χ2n) is 3.55. The maximum atomic E-state index is 12.7. The maximum absolute atomic E-state index is 12.7. The van der Waals surface area contributed by atoms with E-state index in [4.69, 9.17) is 0 Å². The smallest absolute Gasteiger partial charge is 0.234 e. The largest absolute Gasteiger partial charge is 0.325 e. The summed E-state index contributed by atoms with van der Waals surface area (Å²) in [5.41, 5.74) is 0.563. The number of benzene rings is 1. The zero-order valence-corrected chi connectivity index (χ0v) is 10.4. The summed E-state index contributed by atoms with van der Waals surface area (Å²) in [6, 6.07) is 5.60. The fourth-order valence-electron chi connectivity index (χ4n) is 1.25. The van der Waals surface area contributed by atoms with Crippen molar-refractivity contribution in [2.45, 2.75) is 12.1 Å².